The molecule has 0 bridgehead atoms. The van der Waals surface area contributed by atoms with E-state index in [4.69, 9.17) is 16.3 Å². The first kappa shape index (κ1) is 12.9. The summed E-state index contributed by atoms with van der Waals surface area (Å²) in [5, 5.41) is 11.8. The molecular weight excluding hydrogens is 260 g/mol. The smallest absolute Gasteiger partial charge is 0.0850 e. The van der Waals surface area contributed by atoms with Crippen LogP contribution in [0.2, 0.25) is 0 Å². The molecule has 19 heavy (non-hydrogen) atoms. The Hall–Kier alpha value is -1.09. The third-order valence-electron chi connectivity index (χ3n) is 3.72. The van der Waals surface area contributed by atoms with Crippen molar-refractivity contribution in [2.45, 2.75) is 30.4 Å². The van der Waals surface area contributed by atoms with Gasteiger partial charge in [0.05, 0.1) is 18.8 Å². The minimum Gasteiger partial charge on any atom is -0.394 e. The van der Waals surface area contributed by atoms with Gasteiger partial charge in [-0.25, -0.2) is 0 Å². The lowest BCUT2D eigenvalue weighted by molar-refractivity contribution is -0.0714. The second-order valence-electron chi connectivity index (χ2n) is 5.07. The van der Waals surface area contributed by atoms with Gasteiger partial charge < -0.3 is 9.84 Å². The highest BCUT2D eigenvalue weighted by atomic mass is 35.5. The molecule has 1 saturated heterocycles. The van der Waals surface area contributed by atoms with E-state index in [2.05, 4.69) is 24.3 Å². The Morgan fingerprint density at radius 2 is 1.89 bits per heavy atom. The van der Waals surface area contributed by atoms with Crippen LogP contribution in [0.1, 0.15) is 24.5 Å². The second-order valence-corrected chi connectivity index (χ2v) is 5.68. The first-order valence-electron chi connectivity index (χ1n) is 6.66. The van der Waals surface area contributed by atoms with E-state index in [-0.39, 0.29) is 24.2 Å². The van der Waals surface area contributed by atoms with Crippen LogP contribution >= 0.6 is 11.6 Å². The molecule has 100 valence electrons. The van der Waals surface area contributed by atoms with Gasteiger partial charge in [-0.05, 0) is 29.2 Å². The summed E-state index contributed by atoms with van der Waals surface area (Å²) in [5.41, 5.74) is 1.17. The van der Waals surface area contributed by atoms with E-state index in [1.165, 1.54) is 16.3 Å². The number of benzene rings is 2. The number of fused-ring (bicyclic) bond motifs is 1. The van der Waals surface area contributed by atoms with Crippen molar-refractivity contribution in [1.29, 1.82) is 0 Å². The van der Waals surface area contributed by atoms with Crippen molar-refractivity contribution in [1.82, 2.24) is 0 Å². The van der Waals surface area contributed by atoms with Crippen molar-refractivity contribution >= 4 is 22.4 Å². The molecule has 0 radical (unpaired) electrons. The summed E-state index contributed by atoms with van der Waals surface area (Å²) >= 11 is 6.29. The van der Waals surface area contributed by atoms with Gasteiger partial charge in [-0.3, -0.25) is 0 Å². The fourth-order valence-electron chi connectivity index (χ4n) is 2.81. The zero-order valence-corrected chi connectivity index (χ0v) is 11.4. The predicted molar refractivity (Wildman–Crippen MR) is 77.5 cm³/mol. The van der Waals surface area contributed by atoms with Gasteiger partial charge in [0.1, 0.15) is 0 Å². The first-order valence-corrected chi connectivity index (χ1v) is 7.09. The maximum atomic E-state index is 9.30. The molecule has 0 spiro atoms. The summed E-state index contributed by atoms with van der Waals surface area (Å²) in [6.07, 6.45) is 1.34. The number of hydrogen-bond donors (Lipinski definition) is 1. The summed E-state index contributed by atoms with van der Waals surface area (Å²) in [6, 6.07) is 14.5. The van der Waals surface area contributed by atoms with Crippen LogP contribution < -0.4 is 0 Å². The Labute approximate surface area is 118 Å². The predicted octanol–water partition coefficient (Wildman–Crippen LogP) is 3.66. The topological polar surface area (TPSA) is 29.5 Å². The summed E-state index contributed by atoms with van der Waals surface area (Å²) in [4.78, 5) is 0. The minimum absolute atomic E-state index is 0.0282. The summed E-state index contributed by atoms with van der Waals surface area (Å²) in [6.45, 7) is 0.0322. The van der Waals surface area contributed by atoms with Crippen molar-refractivity contribution < 1.29 is 9.84 Å². The molecule has 1 fully saturated rings. The van der Waals surface area contributed by atoms with Crippen LogP contribution in [0, 0.1) is 0 Å². The molecule has 3 heteroatoms. The van der Waals surface area contributed by atoms with Crippen molar-refractivity contribution in [3.8, 4) is 0 Å². The minimum atomic E-state index is -0.153. The van der Waals surface area contributed by atoms with E-state index in [0.29, 0.717) is 0 Å². The number of alkyl halides is 1. The van der Waals surface area contributed by atoms with Gasteiger partial charge in [0, 0.05) is 5.38 Å². The second kappa shape index (κ2) is 5.49. The zero-order valence-electron chi connectivity index (χ0n) is 10.6. The first-order chi connectivity index (χ1) is 9.28. The SMILES string of the molecule is OC[C@H]1C[C@@H](Cl)C[C@H](c2cccc3ccccc23)O1. The quantitative estimate of drug-likeness (QED) is 0.848. The number of aliphatic hydroxyl groups excluding tert-OH is 1. The van der Waals surface area contributed by atoms with E-state index in [1.807, 2.05) is 18.2 Å². The van der Waals surface area contributed by atoms with E-state index in [0.717, 1.165) is 12.8 Å². The average molecular weight is 277 g/mol. The van der Waals surface area contributed by atoms with Crippen LogP contribution in [0.15, 0.2) is 42.5 Å². The highest BCUT2D eigenvalue weighted by molar-refractivity contribution is 6.20. The lowest BCUT2D eigenvalue weighted by atomic mass is 9.94. The molecule has 2 nitrogen and oxygen atoms in total. The fourth-order valence-corrected chi connectivity index (χ4v) is 3.17. The molecule has 1 N–H and O–H groups in total. The van der Waals surface area contributed by atoms with E-state index in [1.54, 1.807) is 0 Å². The molecule has 1 aliphatic heterocycles. The van der Waals surface area contributed by atoms with E-state index in [9.17, 15) is 5.11 Å². The van der Waals surface area contributed by atoms with Crippen LogP contribution in [-0.2, 0) is 4.74 Å². The van der Waals surface area contributed by atoms with Crippen molar-refractivity contribution in [3.63, 3.8) is 0 Å². The van der Waals surface area contributed by atoms with Gasteiger partial charge in [0.15, 0.2) is 0 Å². The Bertz CT molecular complexity index is 564. The van der Waals surface area contributed by atoms with Gasteiger partial charge in [-0.15, -0.1) is 11.6 Å². The third-order valence-corrected chi connectivity index (χ3v) is 4.08. The highest BCUT2D eigenvalue weighted by Gasteiger charge is 2.29. The van der Waals surface area contributed by atoms with Gasteiger partial charge in [0.2, 0.25) is 0 Å². The third kappa shape index (κ3) is 2.62. The molecule has 2 aromatic rings. The molecule has 1 aliphatic rings. The summed E-state index contributed by atoms with van der Waals surface area (Å²) in [7, 11) is 0. The monoisotopic (exact) mass is 276 g/mol. The lowest BCUT2D eigenvalue weighted by Gasteiger charge is -2.32. The summed E-state index contributed by atoms with van der Waals surface area (Å²) in [5.74, 6) is 0. The lowest BCUT2D eigenvalue weighted by Crippen LogP contribution is -2.31. The van der Waals surface area contributed by atoms with Crippen LogP contribution in [0.5, 0.6) is 0 Å². The van der Waals surface area contributed by atoms with Crippen LogP contribution in [-0.4, -0.2) is 23.2 Å². The Morgan fingerprint density at radius 3 is 2.74 bits per heavy atom. The Morgan fingerprint density at radius 1 is 1.11 bits per heavy atom. The Kier molecular flexibility index (Phi) is 3.74. The average Bonchev–Trinajstić information content (AvgIpc) is 2.46. The molecule has 0 aromatic heterocycles. The standard InChI is InChI=1S/C16H17ClO2/c17-12-8-13(10-18)19-16(9-12)15-7-3-5-11-4-1-2-6-14(11)15/h1-7,12-13,16,18H,8-10H2/t12-,13-,16-/m1/s1. The number of hydrogen-bond acceptors (Lipinski definition) is 2. The number of halogens is 1. The molecule has 2 aromatic carbocycles. The van der Waals surface area contributed by atoms with Gasteiger partial charge in [0.25, 0.3) is 0 Å². The van der Waals surface area contributed by atoms with E-state index < -0.39 is 0 Å². The van der Waals surface area contributed by atoms with Gasteiger partial charge in [-0.1, -0.05) is 42.5 Å². The van der Waals surface area contributed by atoms with Gasteiger partial charge >= 0.3 is 0 Å². The zero-order chi connectivity index (χ0) is 13.2. The van der Waals surface area contributed by atoms with Crippen LogP contribution in [0.25, 0.3) is 10.8 Å². The molecule has 0 unspecified atom stereocenters. The Balaban J connectivity index is 1.99. The van der Waals surface area contributed by atoms with Crippen LogP contribution in [0.4, 0.5) is 0 Å². The molecule has 0 saturated carbocycles. The number of rotatable bonds is 2. The summed E-state index contributed by atoms with van der Waals surface area (Å²) < 4.78 is 5.97. The van der Waals surface area contributed by atoms with E-state index >= 15 is 0 Å². The highest BCUT2D eigenvalue weighted by Crippen LogP contribution is 2.36. The maximum absolute atomic E-state index is 9.30. The molecule has 1 heterocycles. The largest absolute Gasteiger partial charge is 0.394 e. The normalized spacial score (nSPS) is 27.6. The number of aliphatic hydroxyl groups is 1. The van der Waals surface area contributed by atoms with Gasteiger partial charge in [-0.2, -0.15) is 0 Å². The molecule has 0 aliphatic carbocycles. The van der Waals surface area contributed by atoms with Crippen LogP contribution in [0.3, 0.4) is 0 Å². The van der Waals surface area contributed by atoms with Crippen molar-refractivity contribution in [3.05, 3.63) is 48.0 Å². The van der Waals surface area contributed by atoms with Crippen molar-refractivity contribution in [2.75, 3.05) is 6.61 Å². The molecule has 3 rings (SSSR count). The number of ether oxygens (including phenoxy) is 1. The molecule has 0 amide bonds. The fraction of sp³-hybridized carbons (Fsp3) is 0.375. The maximum Gasteiger partial charge on any atom is 0.0850 e. The molecule has 3 atom stereocenters. The van der Waals surface area contributed by atoms with Crippen molar-refractivity contribution in [2.24, 2.45) is 0 Å². The molecular formula is C16H17ClO2.